The zero-order chi connectivity index (χ0) is 29.3. The highest BCUT2D eigenvalue weighted by Gasteiger charge is 2.17. The second kappa shape index (κ2) is 11.4. The number of hydrogen-bond acceptors (Lipinski definition) is 3. The standard InChI is InChI=1S/C35H35N3O3/c1-21(2)28-14-16-32(36-19-28)23(4)37-34(39)27-15-17-33-31(18-27)22(3)24(5)38(33)20-25-10-12-26(13-11-25)29-8-6-7-9-30(29)35(40)41/h6-19,21,23H,20H2,1-5H3,(H,37,39)(H,40,41)/t23-/m0/s1. The second-order valence-corrected chi connectivity index (χ2v) is 10.9. The SMILES string of the molecule is Cc1c(C)n(Cc2ccc(-c3ccccc3C(=O)O)cc2)c2ccc(C(=O)N[C@@H](C)c3ccc(C(C)C)cn3)cc12. The van der Waals surface area contributed by atoms with Gasteiger partial charge in [0, 0.05) is 34.9 Å². The number of aromatic carboxylic acids is 1. The van der Waals surface area contributed by atoms with E-state index in [-0.39, 0.29) is 17.5 Å². The van der Waals surface area contributed by atoms with E-state index in [9.17, 15) is 14.7 Å². The molecule has 0 bridgehead atoms. The lowest BCUT2D eigenvalue weighted by molar-refractivity contribution is 0.0697. The predicted molar refractivity (Wildman–Crippen MR) is 164 cm³/mol. The molecular weight excluding hydrogens is 510 g/mol. The minimum absolute atomic E-state index is 0.129. The zero-order valence-electron chi connectivity index (χ0n) is 24.1. The zero-order valence-corrected chi connectivity index (χ0v) is 24.1. The van der Waals surface area contributed by atoms with Crippen LogP contribution in [0.25, 0.3) is 22.0 Å². The summed E-state index contributed by atoms with van der Waals surface area (Å²) in [5.74, 6) is -0.655. The van der Waals surface area contributed by atoms with Gasteiger partial charge in [-0.1, -0.05) is 62.4 Å². The highest BCUT2D eigenvalue weighted by molar-refractivity contribution is 5.99. The molecule has 6 heteroatoms. The minimum atomic E-state index is -0.936. The van der Waals surface area contributed by atoms with E-state index in [0.29, 0.717) is 23.6 Å². The Morgan fingerprint density at radius 1 is 0.927 bits per heavy atom. The first kappa shape index (κ1) is 27.8. The first-order valence-electron chi connectivity index (χ1n) is 13.9. The van der Waals surface area contributed by atoms with Crippen molar-refractivity contribution in [2.45, 2.75) is 53.1 Å². The van der Waals surface area contributed by atoms with Gasteiger partial charge in [-0.3, -0.25) is 9.78 Å². The van der Waals surface area contributed by atoms with Gasteiger partial charge in [-0.05, 0) is 84.8 Å². The summed E-state index contributed by atoms with van der Waals surface area (Å²) in [5.41, 5.74) is 8.93. The largest absolute Gasteiger partial charge is 0.478 e. The average Bonchev–Trinajstić information content (AvgIpc) is 3.21. The molecule has 0 saturated carbocycles. The van der Waals surface area contributed by atoms with Gasteiger partial charge in [0.1, 0.15) is 0 Å². The molecule has 0 saturated heterocycles. The van der Waals surface area contributed by atoms with Crippen LogP contribution in [-0.4, -0.2) is 26.5 Å². The third-order valence-electron chi connectivity index (χ3n) is 7.93. The molecule has 0 unspecified atom stereocenters. The Balaban J connectivity index is 1.36. The van der Waals surface area contributed by atoms with E-state index < -0.39 is 5.97 Å². The fourth-order valence-corrected chi connectivity index (χ4v) is 5.26. The molecule has 2 heterocycles. The van der Waals surface area contributed by atoms with Crippen LogP contribution in [0.3, 0.4) is 0 Å². The summed E-state index contributed by atoms with van der Waals surface area (Å²) in [6, 6.07) is 24.8. The monoisotopic (exact) mass is 545 g/mol. The number of carboxylic acid groups (broad SMARTS) is 1. The Morgan fingerprint density at radius 3 is 2.32 bits per heavy atom. The fourth-order valence-electron chi connectivity index (χ4n) is 5.26. The number of aromatic nitrogens is 2. The third kappa shape index (κ3) is 5.64. The van der Waals surface area contributed by atoms with Crippen LogP contribution in [0.4, 0.5) is 0 Å². The number of carbonyl (C=O) groups is 2. The lowest BCUT2D eigenvalue weighted by Crippen LogP contribution is -2.27. The normalized spacial score (nSPS) is 12.0. The number of benzene rings is 3. The molecule has 6 nitrogen and oxygen atoms in total. The molecule has 0 aliphatic carbocycles. The van der Waals surface area contributed by atoms with Crippen molar-refractivity contribution in [1.29, 1.82) is 0 Å². The molecule has 208 valence electrons. The molecule has 0 spiro atoms. The summed E-state index contributed by atoms with van der Waals surface area (Å²) in [6.45, 7) is 11.1. The average molecular weight is 546 g/mol. The predicted octanol–water partition coefficient (Wildman–Crippen LogP) is 7.68. The van der Waals surface area contributed by atoms with Crippen LogP contribution in [0.15, 0.2) is 85.1 Å². The second-order valence-electron chi connectivity index (χ2n) is 10.9. The molecule has 2 aromatic heterocycles. The van der Waals surface area contributed by atoms with Crippen LogP contribution in [0.5, 0.6) is 0 Å². The highest BCUT2D eigenvalue weighted by Crippen LogP contribution is 2.29. The number of nitrogens with one attached hydrogen (secondary N) is 1. The third-order valence-corrected chi connectivity index (χ3v) is 7.93. The quantitative estimate of drug-likeness (QED) is 0.209. The van der Waals surface area contributed by atoms with Crippen molar-refractivity contribution in [3.63, 3.8) is 0 Å². The maximum absolute atomic E-state index is 13.2. The number of rotatable bonds is 8. The van der Waals surface area contributed by atoms with E-state index >= 15 is 0 Å². The van der Waals surface area contributed by atoms with Gasteiger partial charge in [-0.15, -0.1) is 0 Å². The van der Waals surface area contributed by atoms with Crippen molar-refractivity contribution in [3.05, 3.63) is 124 Å². The minimum Gasteiger partial charge on any atom is -0.478 e. The van der Waals surface area contributed by atoms with Gasteiger partial charge in [0.15, 0.2) is 0 Å². The summed E-state index contributed by atoms with van der Waals surface area (Å²) in [7, 11) is 0. The number of aryl methyl sites for hydroxylation is 1. The maximum atomic E-state index is 13.2. The van der Waals surface area contributed by atoms with Gasteiger partial charge in [0.25, 0.3) is 5.91 Å². The van der Waals surface area contributed by atoms with E-state index in [0.717, 1.165) is 39.0 Å². The van der Waals surface area contributed by atoms with Gasteiger partial charge in [-0.2, -0.15) is 0 Å². The van der Waals surface area contributed by atoms with Gasteiger partial charge in [-0.25, -0.2) is 4.79 Å². The topological polar surface area (TPSA) is 84.2 Å². The summed E-state index contributed by atoms with van der Waals surface area (Å²) >= 11 is 0. The van der Waals surface area contributed by atoms with Crippen molar-refractivity contribution >= 4 is 22.8 Å². The number of nitrogens with zero attached hydrogens (tertiary/aromatic N) is 2. The molecular formula is C35H35N3O3. The van der Waals surface area contributed by atoms with Crippen LogP contribution in [0, 0.1) is 13.8 Å². The molecule has 0 radical (unpaired) electrons. The first-order valence-corrected chi connectivity index (χ1v) is 13.9. The number of carbonyl (C=O) groups excluding carboxylic acids is 1. The Labute approximate surface area is 240 Å². The van der Waals surface area contributed by atoms with Gasteiger partial charge < -0.3 is 15.0 Å². The van der Waals surface area contributed by atoms with Gasteiger partial charge in [0.05, 0.1) is 17.3 Å². The summed E-state index contributed by atoms with van der Waals surface area (Å²) in [4.78, 5) is 29.4. The Bertz CT molecular complexity index is 1730. The van der Waals surface area contributed by atoms with Crippen molar-refractivity contribution in [2.75, 3.05) is 0 Å². The summed E-state index contributed by atoms with van der Waals surface area (Å²) in [5, 5.41) is 13.7. The molecule has 1 amide bonds. The Morgan fingerprint density at radius 2 is 1.66 bits per heavy atom. The van der Waals surface area contributed by atoms with Gasteiger partial charge in [0.2, 0.25) is 0 Å². The fraction of sp³-hybridized carbons (Fsp3) is 0.229. The number of pyridine rings is 1. The molecule has 5 aromatic rings. The van der Waals surface area contributed by atoms with E-state index in [4.69, 9.17) is 0 Å². The van der Waals surface area contributed by atoms with E-state index in [1.807, 2.05) is 73.8 Å². The summed E-state index contributed by atoms with van der Waals surface area (Å²) < 4.78 is 2.26. The number of fused-ring (bicyclic) bond motifs is 1. The molecule has 41 heavy (non-hydrogen) atoms. The van der Waals surface area contributed by atoms with Crippen molar-refractivity contribution in [1.82, 2.24) is 14.9 Å². The van der Waals surface area contributed by atoms with E-state index in [2.05, 4.69) is 48.6 Å². The smallest absolute Gasteiger partial charge is 0.336 e. The van der Waals surface area contributed by atoms with Gasteiger partial charge >= 0.3 is 5.97 Å². The molecule has 5 rings (SSSR count). The van der Waals surface area contributed by atoms with Crippen molar-refractivity contribution in [2.24, 2.45) is 0 Å². The molecule has 0 fully saturated rings. The Kier molecular flexibility index (Phi) is 7.75. The van der Waals surface area contributed by atoms with Crippen LogP contribution in [-0.2, 0) is 6.54 Å². The number of hydrogen-bond donors (Lipinski definition) is 2. The summed E-state index contributed by atoms with van der Waals surface area (Å²) in [6.07, 6.45) is 1.88. The van der Waals surface area contributed by atoms with Crippen LogP contribution < -0.4 is 5.32 Å². The maximum Gasteiger partial charge on any atom is 0.336 e. The molecule has 3 aromatic carbocycles. The van der Waals surface area contributed by atoms with Crippen LogP contribution in [0.2, 0.25) is 0 Å². The first-order chi connectivity index (χ1) is 19.6. The number of amides is 1. The van der Waals surface area contributed by atoms with Crippen molar-refractivity contribution in [3.8, 4) is 11.1 Å². The molecule has 1 atom stereocenters. The lowest BCUT2D eigenvalue weighted by Gasteiger charge is -2.15. The molecule has 0 aliphatic rings. The van der Waals surface area contributed by atoms with E-state index in [1.54, 1.807) is 12.1 Å². The lowest BCUT2D eigenvalue weighted by atomic mass is 9.99. The molecule has 0 aliphatic heterocycles. The number of carboxylic acids is 1. The van der Waals surface area contributed by atoms with Crippen LogP contribution in [0.1, 0.15) is 81.5 Å². The molecule has 2 N–H and O–H groups in total. The van der Waals surface area contributed by atoms with Crippen molar-refractivity contribution < 1.29 is 14.7 Å². The Hall–Kier alpha value is -4.71. The van der Waals surface area contributed by atoms with Crippen LogP contribution >= 0.6 is 0 Å². The van der Waals surface area contributed by atoms with E-state index in [1.165, 1.54) is 5.56 Å². The highest BCUT2D eigenvalue weighted by atomic mass is 16.4.